The maximum atomic E-state index is 15.3. The van der Waals surface area contributed by atoms with Crippen LogP contribution in [0, 0.1) is 17.0 Å². The van der Waals surface area contributed by atoms with E-state index < -0.39 is 76.6 Å². The highest BCUT2D eigenvalue weighted by Crippen LogP contribution is 2.33. The minimum atomic E-state index is -1.16. The van der Waals surface area contributed by atoms with Gasteiger partial charge in [-0.2, -0.15) is 0 Å². The van der Waals surface area contributed by atoms with Gasteiger partial charge in [0.25, 0.3) is 0 Å². The Balaban J connectivity index is 1.75. The van der Waals surface area contributed by atoms with E-state index in [2.05, 4.69) is 5.32 Å². The molecule has 290 valence electrons. The third-order valence-corrected chi connectivity index (χ3v) is 9.59. The third-order valence-electron chi connectivity index (χ3n) is 9.59. The number of halogens is 2. The van der Waals surface area contributed by atoms with Crippen LogP contribution in [0.4, 0.5) is 13.6 Å². The molecule has 0 spiro atoms. The number of benzene rings is 3. The molecule has 0 aliphatic carbocycles. The number of carbonyl (C=O) groups excluding carboxylic acids is 4. The van der Waals surface area contributed by atoms with Crippen molar-refractivity contribution < 1.29 is 42.6 Å². The Morgan fingerprint density at radius 3 is 2.09 bits per heavy atom. The zero-order chi connectivity index (χ0) is 40.3. The van der Waals surface area contributed by atoms with E-state index in [1.807, 2.05) is 24.3 Å². The monoisotopic (exact) mass is 748 g/mol. The average molecular weight is 749 g/mol. The first kappa shape index (κ1) is 41.4. The molecule has 2 N–H and O–H groups in total. The second kappa shape index (κ2) is 16.4. The van der Waals surface area contributed by atoms with Crippen LogP contribution in [-0.2, 0) is 38.6 Å². The molecule has 0 aromatic heterocycles. The molecule has 0 bridgehead atoms. The number of amides is 4. The van der Waals surface area contributed by atoms with Gasteiger partial charge in [0.1, 0.15) is 23.7 Å². The highest BCUT2D eigenvalue weighted by Gasteiger charge is 2.44. The smallest absolute Gasteiger partial charge is 0.410 e. The lowest BCUT2D eigenvalue weighted by atomic mass is 9.84. The third kappa shape index (κ3) is 9.61. The number of ether oxygens (including phenoxy) is 1. The fourth-order valence-corrected chi connectivity index (χ4v) is 6.28. The molecule has 1 heterocycles. The van der Waals surface area contributed by atoms with Crippen LogP contribution in [0.2, 0.25) is 0 Å². The van der Waals surface area contributed by atoms with Gasteiger partial charge in [0.15, 0.2) is 11.6 Å². The number of hydrogen-bond donors (Lipinski definition) is 2. The van der Waals surface area contributed by atoms with Crippen LogP contribution in [-0.4, -0.2) is 80.4 Å². The summed E-state index contributed by atoms with van der Waals surface area (Å²) in [6, 6.07) is 12.6. The molecule has 0 radical (unpaired) electrons. The maximum absolute atomic E-state index is 15.3. The molecule has 1 aliphatic rings. The van der Waals surface area contributed by atoms with Crippen LogP contribution in [0.25, 0.3) is 0 Å². The van der Waals surface area contributed by atoms with Gasteiger partial charge in [-0.25, -0.2) is 18.4 Å². The van der Waals surface area contributed by atoms with E-state index in [4.69, 9.17) is 4.74 Å². The Morgan fingerprint density at radius 1 is 0.907 bits per heavy atom. The molecule has 13 heteroatoms. The molecule has 0 saturated heterocycles. The summed E-state index contributed by atoms with van der Waals surface area (Å²) in [5.74, 6) is -5.06. The minimum Gasteiger partial charge on any atom is -0.478 e. The highest BCUT2D eigenvalue weighted by atomic mass is 19.2. The standard InChI is InChI=1S/C41H50F2N4O7/c1-24(30-15-12-16-31(42)33(30)43)46(22-26-17-19-27(20-18-26)38(51)52)36(49)32-21-28-13-10-11-14-29(28)23-47(32)37(50)34(40(3,4)5)44-35(48)25(2)45(9)39(53)54-41(6,7)8/h10-20,24-25,32,34H,21-23H2,1-9H3,(H,44,48)(H,51,52)/t24-,25+,32?,34-/m1/s1. The SMILES string of the molecule is C[C@H](c1cccc(F)c1F)N(Cc1ccc(C(=O)O)cc1)C(=O)C1Cc2ccccc2CN1C(=O)[C@@H](NC(=O)[C@H](C)N(C)C(=O)OC(C)(C)C)C(C)(C)C. The van der Waals surface area contributed by atoms with E-state index in [-0.39, 0.29) is 30.6 Å². The zero-order valence-corrected chi connectivity index (χ0v) is 32.3. The summed E-state index contributed by atoms with van der Waals surface area (Å²) < 4.78 is 35.2. The van der Waals surface area contributed by atoms with Crippen molar-refractivity contribution in [2.24, 2.45) is 5.41 Å². The van der Waals surface area contributed by atoms with Gasteiger partial charge in [0, 0.05) is 32.1 Å². The molecule has 1 unspecified atom stereocenters. The van der Waals surface area contributed by atoms with Crippen molar-refractivity contribution in [3.05, 3.63) is 106 Å². The van der Waals surface area contributed by atoms with E-state index in [0.717, 1.165) is 22.1 Å². The zero-order valence-electron chi connectivity index (χ0n) is 32.3. The molecular weight excluding hydrogens is 698 g/mol. The van der Waals surface area contributed by atoms with Crippen molar-refractivity contribution in [1.82, 2.24) is 20.0 Å². The van der Waals surface area contributed by atoms with Crippen molar-refractivity contribution in [2.75, 3.05) is 7.05 Å². The van der Waals surface area contributed by atoms with Crippen molar-refractivity contribution in [2.45, 2.75) is 105 Å². The number of nitrogens with one attached hydrogen (secondary N) is 1. The molecule has 4 rings (SSSR count). The van der Waals surface area contributed by atoms with Gasteiger partial charge in [-0.3, -0.25) is 19.3 Å². The van der Waals surface area contributed by atoms with Crippen molar-refractivity contribution in [3.8, 4) is 0 Å². The van der Waals surface area contributed by atoms with E-state index in [1.165, 1.54) is 60.2 Å². The number of nitrogens with zero attached hydrogens (tertiary/aromatic N) is 3. The predicted molar refractivity (Wildman–Crippen MR) is 198 cm³/mol. The van der Waals surface area contributed by atoms with Gasteiger partial charge in [-0.1, -0.05) is 69.3 Å². The lowest BCUT2D eigenvalue weighted by Crippen LogP contribution is -2.62. The van der Waals surface area contributed by atoms with E-state index in [1.54, 1.807) is 48.5 Å². The molecule has 0 fully saturated rings. The molecule has 0 saturated carbocycles. The molecule has 3 aromatic rings. The molecule has 4 amide bonds. The van der Waals surface area contributed by atoms with E-state index in [0.29, 0.717) is 5.56 Å². The number of carbonyl (C=O) groups is 5. The molecule has 4 atom stereocenters. The molecule has 1 aliphatic heterocycles. The maximum Gasteiger partial charge on any atom is 0.410 e. The molecule has 3 aromatic carbocycles. The summed E-state index contributed by atoms with van der Waals surface area (Å²) in [5, 5.41) is 12.3. The van der Waals surface area contributed by atoms with Crippen LogP contribution in [0.15, 0.2) is 66.7 Å². The number of aromatic carboxylic acids is 1. The summed E-state index contributed by atoms with van der Waals surface area (Å²) in [5.41, 5.74) is 0.419. The molecular formula is C41H50F2N4O7. The normalized spacial score (nSPS) is 16.0. The fourth-order valence-electron chi connectivity index (χ4n) is 6.28. The van der Waals surface area contributed by atoms with Crippen LogP contribution in [0.5, 0.6) is 0 Å². The number of fused-ring (bicyclic) bond motifs is 1. The summed E-state index contributed by atoms with van der Waals surface area (Å²) in [6.45, 7) is 13.4. The van der Waals surface area contributed by atoms with Crippen LogP contribution >= 0.6 is 0 Å². The predicted octanol–water partition coefficient (Wildman–Crippen LogP) is 6.49. The van der Waals surface area contributed by atoms with Gasteiger partial charge in [-0.15, -0.1) is 0 Å². The first-order valence-electron chi connectivity index (χ1n) is 17.8. The Bertz CT molecular complexity index is 1890. The van der Waals surface area contributed by atoms with Crippen molar-refractivity contribution in [3.63, 3.8) is 0 Å². The topological polar surface area (TPSA) is 137 Å². The van der Waals surface area contributed by atoms with E-state index >= 15 is 4.39 Å². The van der Waals surface area contributed by atoms with Crippen molar-refractivity contribution >= 4 is 29.8 Å². The van der Waals surface area contributed by atoms with Gasteiger partial charge >= 0.3 is 12.1 Å². The van der Waals surface area contributed by atoms with Gasteiger partial charge < -0.3 is 25.0 Å². The second-order valence-electron chi connectivity index (χ2n) is 15.8. The van der Waals surface area contributed by atoms with Gasteiger partial charge in [0.05, 0.1) is 11.6 Å². The Labute approximate surface area is 315 Å². The number of carboxylic acids is 1. The Morgan fingerprint density at radius 2 is 1.52 bits per heavy atom. The number of rotatable bonds is 10. The Kier molecular flexibility index (Phi) is 12.5. The fraction of sp³-hybridized carbons (Fsp3) is 0.439. The number of carboxylic acid groups (broad SMARTS) is 1. The average Bonchev–Trinajstić information content (AvgIpc) is 3.10. The minimum absolute atomic E-state index is 0.0189. The van der Waals surface area contributed by atoms with Crippen LogP contribution in [0.1, 0.15) is 94.0 Å². The summed E-state index contributed by atoms with van der Waals surface area (Å²) in [4.78, 5) is 71.7. The summed E-state index contributed by atoms with van der Waals surface area (Å²) in [6.07, 6.45) is -0.625. The second-order valence-corrected chi connectivity index (χ2v) is 15.8. The highest BCUT2D eigenvalue weighted by molar-refractivity contribution is 5.95. The summed E-state index contributed by atoms with van der Waals surface area (Å²) >= 11 is 0. The van der Waals surface area contributed by atoms with Gasteiger partial charge in [0.2, 0.25) is 17.7 Å². The van der Waals surface area contributed by atoms with E-state index in [9.17, 15) is 33.5 Å². The number of hydrogen-bond acceptors (Lipinski definition) is 6. The lowest BCUT2D eigenvalue weighted by Gasteiger charge is -2.43. The summed E-state index contributed by atoms with van der Waals surface area (Å²) in [7, 11) is 1.43. The van der Waals surface area contributed by atoms with Crippen LogP contribution in [0.3, 0.4) is 0 Å². The van der Waals surface area contributed by atoms with Crippen LogP contribution < -0.4 is 5.32 Å². The Hall–Kier alpha value is -5.33. The first-order chi connectivity index (χ1) is 25.1. The van der Waals surface area contributed by atoms with Gasteiger partial charge in [-0.05, 0) is 74.9 Å². The largest absolute Gasteiger partial charge is 0.478 e. The number of likely N-dealkylation sites (N-methyl/N-ethyl adjacent to an activating group) is 1. The van der Waals surface area contributed by atoms with Crippen molar-refractivity contribution in [1.29, 1.82) is 0 Å². The lowest BCUT2D eigenvalue weighted by molar-refractivity contribution is -0.152. The molecule has 54 heavy (non-hydrogen) atoms. The molecule has 11 nitrogen and oxygen atoms in total. The first-order valence-corrected chi connectivity index (χ1v) is 17.8. The quantitative estimate of drug-likeness (QED) is 0.242.